The molecule has 1 aromatic rings. The molecule has 234 valence electrons. The third-order valence-corrected chi connectivity index (χ3v) is 10.6. The largest absolute Gasteiger partial charge is 0.394 e. The molecule has 3 heterocycles. The highest BCUT2D eigenvalue weighted by atomic mass is 16.5. The van der Waals surface area contributed by atoms with Gasteiger partial charge in [0, 0.05) is 25.7 Å². The smallest absolute Gasteiger partial charge is 0.248 e. The summed E-state index contributed by atoms with van der Waals surface area (Å²) < 4.78 is 6.76. The summed E-state index contributed by atoms with van der Waals surface area (Å²) in [5, 5.41) is 10.7. The number of carbonyl (C=O) groups excluding carboxylic acids is 3. The molecule has 1 aliphatic carbocycles. The van der Waals surface area contributed by atoms with Crippen LogP contribution in [0, 0.1) is 17.8 Å². The zero-order chi connectivity index (χ0) is 30.7. The second kappa shape index (κ2) is 13.3. The van der Waals surface area contributed by atoms with E-state index in [4.69, 9.17) is 4.74 Å². The maximum Gasteiger partial charge on any atom is 0.248 e. The van der Waals surface area contributed by atoms with Gasteiger partial charge in [0.25, 0.3) is 0 Å². The zero-order valence-electron chi connectivity index (χ0n) is 25.9. The van der Waals surface area contributed by atoms with Gasteiger partial charge in [0.2, 0.25) is 17.7 Å². The van der Waals surface area contributed by atoms with E-state index in [0.29, 0.717) is 32.5 Å². The monoisotopic (exact) mass is 591 g/mol. The van der Waals surface area contributed by atoms with E-state index < -0.39 is 35.6 Å². The van der Waals surface area contributed by atoms with Crippen LogP contribution >= 0.6 is 0 Å². The molecule has 3 amide bonds. The van der Waals surface area contributed by atoms with Crippen molar-refractivity contribution in [1.82, 2.24) is 14.7 Å². The maximum atomic E-state index is 14.8. The summed E-state index contributed by atoms with van der Waals surface area (Å²) in [6.45, 7) is 12.8. The van der Waals surface area contributed by atoms with Crippen LogP contribution in [0.5, 0.6) is 0 Å². The summed E-state index contributed by atoms with van der Waals surface area (Å²) in [7, 11) is 0. The van der Waals surface area contributed by atoms with Crippen molar-refractivity contribution in [3.8, 4) is 0 Å². The van der Waals surface area contributed by atoms with Gasteiger partial charge < -0.3 is 24.5 Å². The van der Waals surface area contributed by atoms with Gasteiger partial charge >= 0.3 is 0 Å². The van der Waals surface area contributed by atoms with Crippen LogP contribution in [0.3, 0.4) is 0 Å². The second-order valence-electron chi connectivity index (χ2n) is 13.0. The SMILES string of the molecule is C=CCN(Cc1ccccc1)C(=O)[C@@H]1[C@@H]2CCC3(O2)C(C(=O)N(CC=C)C2CCCCC2)N([C@@H](CO)[C@@H](C)CC)C(=O)[C@H]13. The molecule has 7 atom stereocenters. The van der Waals surface area contributed by atoms with E-state index in [1.165, 1.54) is 0 Å². The number of hydrogen-bond donors (Lipinski definition) is 1. The lowest BCUT2D eigenvalue weighted by Crippen LogP contribution is -2.61. The minimum absolute atomic E-state index is 0.0382. The molecule has 3 saturated heterocycles. The average molecular weight is 592 g/mol. The first-order valence-corrected chi connectivity index (χ1v) is 16.3. The van der Waals surface area contributed by atoms with E-state index in [1.807, 2.05) is 49.1 Å². The van der Waals surface area contributed by atoms with E-state index in [1.54, 1.807) is 22.0 Å². The highest BCUT2D eigenvalue weighted by molar-refractivity contribution is 5.99. The molecular weight excluding hydrogens is 542 g/mol. The maximum absolute atomic E-state index is 14.8. The van der Waals surface area contributed by atoms with E-state index in [2.05, 4.69) is 13.2 Å². The van der Waals surface area contributed by atoms with Crippen LogP contribution in [0.4, 0.5) is 0 Å². The third kappa shape index (κ3) is 5.57. The summed E-state index contributed by atoms with van der Waals surface area (Å²) in [6.07, 6.45) is 10.1. The third-order valence-electron chi connectivity index (χ3n) is 10.6. The van der Waals surface area contributed by atoms with Crippen molar-refractivity contribution in [1.29, 1.82) is 0 Å². The van der Waals surface area contributed by atoms with Gasteiger partial charge in [-0.05, 0) is 37.2 Å². The molecule has 4 aliphatic rings. The Morgan fingerprint density at radius 1 is 1.09 bits per heavy atom. The molecule has 3 aliphatic heterocycles. The van der Waals surface area contributed by atoms with Gasteiger partial charge in [-0.25, -0.2) is 0 Å². The van der Waals surface area contributed by atoms with Crippen molar-refractivity contribution in [2.45, 2.75) is 102 Å². The van der Waals surface area contributed by atoms with E-state index in [0.717, 1.165) is 44.1 Å². The molecule has 2 unspecified atom stereocenters. The zero-order valence-corrected chi connectivity index (χ0v) is 25.9. The minimum atomic E-state index is -1.10. The molecule has 8 nitrogen and oxygen atoms in total. The Hall–Kier alpha value is -2.97. The first-order valence-electron chi connectivity index (χ1n) is 16.3. The molecule has 1 saturated carbocycles. The first-order chi connectivity index (χ1) is 20.8. The molecule has 0 radical (unpaired) electrons. The van der Waals surface area contributed by atoms with E-state index in [9.17, 15) is 19.5 Å². The molecule has 43 heavy (non-hydrogen) atoms. The van der Waals surface area contributed by atoms with Gasteiger partial charge in [0.1, 0.15) is 11.6 Å². The molecule has 8 heteroatoms. The number of nitrogens with zero attached hydrogens (tertiary/aromatic N) is 3. The first kappa shape index (κ1) is 31.5. The average Bonchev–Trinajstić information content (AvgIpc) is 3.68. The molecule has 5 rings (SSSR count). The van der Waals surface area contributed by atoms with Gasteiger partial charge in [-0.2, -0.15) is 0 Å². The Bertz CT molecular complexity index is 1180. The molecule has 1 aromatic carbocycles. The normalized spacial score (nSPS) is 29.7. The van der Waals surface area contributed by atoms with E-state index in [-0.39, 0.29) is 36.3 Å². The molecule has 2 bridgehead atoms. The highest BCUT2D eigenvalue weighted by Gasteiger charge is 2.75. The number of benzene rings is 1. The fourth-order valence-corrected chi connectivity index (χ4v) is 8.33. The van der Waals surface area contributed by atoms with Crippen LogP contribution in [-0.2, 0) is 25.7 Å². The Morgan fingerprint density at radius 3 is 2.42 bits per heavy atom. The van der Waals surface area contributed by atoms with Crippen molar-refractivity contribution in [3.05, 3.63) is 61.2 Å². The number of rotatable bonds is 13. The van der Waals surface area contributed by atoms with Crippen LogP contribution in [0.1, 0.15) is 70.8 Å². The van der Waals surface area contributed by atoms with Crippen molar-refractivity contribution >= 4 is 17.7 Å². The topological polar surface area (TPSA) is 90.4 Å². The fraction of sp³-hybridized carbons (Fsp3) is 0.629. The lowest BCUT2D eigenvalue weighted by atomic mass is 9.70. The number of ether oxygens (including phenoxy) is 1. The van der Waals surface area contributed by atoms with Gasteiger partial charge in [0.15, 0.2) is 0 Å². The second-order valence-corrected chi connectivity index (χ2v) is 13.0. The van der Waals surface area contributed by atoms with Crippen LogP contribution in [-0.4, -0.2) is 87.1 Å². The van der Waals surface area contributed by atoms with Crippen LogP contribution in [0.2, 0.25) is 0 Å². The van der Waals surface area contributed by atoms with Crippen LogP contribution in [0.15, 0.2) is 55.6 Å². The summed E-state index contributed by atoms with van der Waals surface area (Å²) in [5.41, 5.74) is -0.102. The summed E-state index contributed by atoms with van der Waals surface area (Å²) in [4.78, 5) is 49.2. The quantitative estimate of drug-likeness (QED) is 0.345. The standard InChI is InChI=1S/C35H49N3O5/c1-5-20-36(22-25-14-10-8-11-15-25)32(40)29-28-18-19-35(43-28)30(29)33(41)38(27(23-39)24(4)7-3)31(35)34(42)37(21-6-2)26-16-12-9-13-17-26/h5-6,8,10-11,14-15,24,26-31,39H,1-2,7,9,12-13,16-23H2,3-4H3/t24-,27-,28-,29+,30-,31?,35?/m0/s1. The van der Waals surface area contributed by atoms with Crippen molar-refractivity contribution < 1.29 is 24.2 Å². The molecule has 0 aromatic heterocycles. The highest BCUT2D eigenvalue weighted by Crippen LogP contribution is 2.59. The number of aliphatic hydroxyl groups is 1. The number of hydrogen-bond acceptors (Lipinski definition) is 5. The van der Waals surface area contributed by atoms with Gasteiger partial charge in [0.05, 0.1) is 30.6 Å². The Kier molecular flexibility index (Phi) is 9.76. The number of amides is 3. The summed E-state index contributed by atoms with van der Waals surface area (Å²) in [5.74, 6) is -2.01. The Labute approximate surface area is 256 Å². The predicted octanol–water partition coefficient (Wildman–Crippen LogP) is 4.33. The molecule has 1 spiro atoms. The fourth-order valence-electron chi connectivity index (χ4n) is 8.33. The van der Waals surface area contributed by atoms with Gasteiger partial charge in [-0.15, -0.1) is 13.2 Å². The van der Waals surface area contributed by atoms with Crippen molar-refractivity contribution in [2.75, 3.05) is 19.7 Å². The molecular formula is C35H49N3O5. The number of aliphatic hydroxyl groups excluding tert-OH is 1. The van der Waals surface area contributed by atoms with Gasteiger partial charge in [-0.3, -0.25) is 14.4 Å². The van der Waals surface area contributed by atoms with Crippen LogP contribution in [0.25, 0.3) is 0 Å². The Morgan fingerprint density at radius 2 is 1.79 bits per heavy atom. The Balaban J connectivity index is 1.55. The minimum Gasteiger partial charge on any atom is -0.394 e. The van der Waals surface area contributed by atoms with Crippen molar-refractivity contribution in [3.63, 3.8) is 0 Å². The molecule has 1 N–H and O–H groups in total. The number of likely N-dealkylation sites (tertiary alicyclic amines) is 1. The van der Waals surface area contributed by atoms with Crippen molar-refractivity contribution in [2.24, 2.45) is 17.8 Å². The lowest BCUT2D eigenvalue weighted by molar-refractivity contribution is -0.154. The van der Waals surface area contributed by atoms with Gasteiger partial charge in [-0.1, -0.05) is 82.0 Å². The number of carbonyl (C=O) groups is 3. The lowest BCUT2D eigenvalue weighted by Gasteiger charge is -2.43. The predicted molar refractivity (Wildman–Crippen MR) is 166 cm³/mol. The number of fused-ring (bicyclic) bond motifs is 1. The summed E-state index contributed by atoms with van der Waals surface area (Å²) >= 11 is 0. The van der Waals surface area contributed by atoms with E-state index >= 15 is 0 Å². The van der Waals surface area contributed by atoms with Crippen LogP contribution < -0.4 is 0 Å². The summed E-state index contributed by atoms with van der Waals surface area (Å²) in [6, 6.07) is 8.44. The molecule has 4 fully saturated rings.